The summed E-state index contributed by atoms with van der Waals surface area (Å²) >= 11 is 6.95. The van der Waals surface area contributed by atoms with Crippen LogP contribution >= 0.6 is 31.9 Å². The van der Waals surface area contributed by atoms with Crippen LogP contribution in [0.2, 0.25) is 0 Å². The summed E-state index contributed by atoms with van der Waals surface area (Å²) in [5.41, 5.74) is 1.09. The number of hydrogen-bond donors (Lipinski definition) is 2. The number of rotatable bonds is 7. The van der Waals surface area contributed by atoms with Gasteiger partial charge in [-0.2, -0.15) is 0 Å². The Morgan fingerprint density at radius 2 is 2.11 bits per heavy atom. The second-order valence-electron chi connectivity index (χ2n) is 4.11. The fraction of sp³-hybridized carbons (Fsp3) is 0.538. The van der Waals surface area contributed by atoms with Gasteiger partial charge in [0.2, 0.25) is 0 Å². The van der Waals surface area contributed by atoms with E-state index in [2.05, 4.69) is 37.2 Å². The van der Waals surface area contributed by atoms with Gasteiger partial charge in [-0.05, 0) is 47.4 Å². The van der Waals surface area contributed by atoms with Gasteiger partial charge in [0.05, 0.1) is 17.7 Å². The molecular formula is C13H19Br2NO2. The summed E-state index contributed by atoms with van der Waals surface area (Å²) < 4.78 is 7.32. The van der Waals surface area contributed by atoms with Gasteiger partial charge < -0.3 is 15.2 Å². The van der Waals surface area contributed by atoms with E-state index in [4.69, 9.17) is 4.74 Å². The lowest BCUT2D eigenvalue weighted by atomic mass is 10.2. The maximum Gasteiger partial charge on any atom is 0.137 e. The molecule has 0 amide bonds. The predicted molar refractivity (Wildman–Crippen MR) is 81.0 cm³/mol. The molecule has 0 aliphatic carbocycles. The zero-order valence-electron chi connectivity index (χ0n) is 10.7. The first kappa shape index (κ1) is 16.0. The molecule has 2 N–H and O–H groups in total. The molecule has 0 radical (unpaired) electrons. The molecule has 0 bridgehead atoms. The molecule has 0 saturated heterocycles. The third-order valence-corrected chi connectivity index (χ3v) is 3.78. The number of methoxy groups -OCH3 is 1. The van der Waals surface area contributed by atoms with Gasteiger partial charge in [-0.25, -0.2) is 0 Å². The fourth-order valence-corrected chi connectivity index (χ4v) is 3.14. The highest BCUT2D eigenvalue weighted by atomic mass is 79.9. The Balaban J connectivity index is 2.56. The minimum absolute atomic E-state index is 0.214. The highest BCUT2D eigenvalue weighted by Gasteiger charge is 2.09. The predicted octanol–water partition coefficient (Wildman–Crippen LogP) is 3.47. The molecule has 1 unspecified atom stereocenters. The summed E-state index contributed by atoms with van der Waals surface area (Å²) in [4.78, 5) is 0. The van der Waals surface area contributed by atoms with Crippen molar-refractivity contribution < 1.29 is 9.84 Å². The largest absolute Gasteiger partial charge is 0.495 e. The first-order valence-corrected chi connectivity index (χ1v) is 7.57. The summed E-state index contributed by atoms with van der Waals surface area (Å²) in [5.74, 6) is 0.849. The molecule has 5 heteroatoms. The highest BCUT2D eigenvalue weighted by molar-refractivity contribution is 9.11. The van der Waals surface area contributed by atoms with Crippen molar-refractivity contribution in [2.24, 2.45) is 0 Å². The van der Waals surface area contributed by atoms with Crippen LogP contribution in [0.4, 0.5) is 0 Å². The van der Waals surface area contributed by atoms with Gasteiger partial charge in [-0.15, -0.1) is 0 Å². The van der Waals surface area contributed by atoms with Crippen molar-refractivity contribution in [1.82, 2.24) is 5.32 Å². The third kappa shape index (κ3) is 4.88. The molecule has 0 aliphatic heterocycles. The molecule has 0 aromatic heterocycles. The molecule has 1 rings (SSSR count). The maximum atomic E-state index is 9.46. The second kappa shape index (κ2) is 8.15. The number of nitrogens with one attached hydrogen (secondary N) is 1. The minimum atomic E-state index is -0.214. The van der Waals surface area contributed by atoms with Crippen LogP contribution in [0, 0.1) is 0 Å². The van der Waals surface area contributed by atoms with Crippen molar-refractivity contribution in [3.8, 4) is 5.75 Å². The molecule has 0 saturated carbocycles. The van der Waals surface area contributed by atoms with E-state index in [9.17, 15) is 5.11 Å². The molecule has 102 valence electrons. The van der Waals surface area contributed by atoms with Gasteiger partial charge >= 0.3 is 0 Å². The van der Waals surface area contributed by atoms with E-state index in [0.29, 0.717) is 0 Å². The lowest BCUT2D eigenvalue weighted by Crippen LogP contribution is -2.20. The van der Waals surface area contributed by atoms with Crippen molar-refractivity contribution in [1.29, 1.82) is 0 Å². The van der Waals surface area contributed by atoms with E-state index < -0.39 is 0 Å². The number of aliphatic hydroxyl groups excluding tert-OH is 1. The van der Waals surface area contributed by atoms with Crippen LogP contribution in [0.1, 0.15) is 25.3 Å². The monoisotopic (exact) mass is 379 g/mol. The van der Waals surface area contributed by atoms with E-state index in [0.717, 1.165) is 46.2 Å². The van der Waals surface area contributed by atoms with E-state index in [1.54, 1.807) is 7.11 Å². The molecule has 1 aromatic carbocycles. The average Bonchev–Trinajstić information content (AvgIpc) is 2.33. The molecule has 0 spiro atoms. The summed E-state index contributed by atoms with van der Waals surface area (Å²) in [6, 6.07) is 4.00. The van der Waals surface area contributed by atoms with Gasteiger partial charge in [-0.1, -0.05) is 22.9 Å². The Morgan fingerprint density at radius 1 is 1.39 bits per heavy atom. The smallest absolute Gasteiger partial charge is 0.137 e. The van der Waals surface area contributed by atoms with Crippen molar-refractivity contribution in [2.75, 3.05) is 13.7 Å². The van der Waals surface area contributed by atoms with Crippen LogP contribution in [0.25, 0.3) is 0 Å². The van der Waals surface area contributed by atoms with Gasteiger partial charge in [-0.3, -0.25) is 0 Å². The standard InChI is InChI=1S/C13H19Br2NO2/c1-3-11(17)4-5-16-8-9-6-10(14)7-12(15)13(9)18-2/h6-7,11,16-17H,3-5,8H2,1-2H3. The van der Waals surface area contributed by atoms with Crippen molar-refractivity contribution in [3.63, 3.8) is 0 Å². The average molecular weight is 381 g/mol. The maximum absolute atomic E-state index is 9.46. The number of benzene rings is 1. The van der Waals surface area contributed by atoms with Crippen LogP contribution in [0.5, 0.6) is 5.75 Å². The van der Waals surface area contributed by atoms with Gasteiger partial charge in [0.25, 0.3) is 0 Å². The Kier molecular flexibility index (Phi) is 7.22. The summed E-state index contributed by atoms with van der Waals surface area (Å²) in [6.45, 7) is 3.50. The molecular weight excluding hydrogens is 362 g/mol. The molecule has 18 heavy (non-hydrogen) atoms. The summed E-state index contributed by atoms with van der Waals surface area (Å²) in [6.07, 6.45) is 1.36. The van der Waals surface area contributed by atoms with Crippen LogP contribution in [0.3, 0.4) is 0 Å². The Morgan fingerprint density at radius 3 is 2.72 bits per heavy atom. The molecule has 1 atom stereocenters. The van der Waals surface area contributed by atoms with Gasteiger partial charge in [0, 0.05) is 16.6 Å². The number of halogens is 2. The SMILES string of the molecule is CCC(O)CCNCc1cc(Br)cc(Br)c1OC. The molecule has 0 heterocycles. The quantitative estimate of drug-likeness (QED) is 0.711. The summed E-state index contributed by atoms with van der Waals surface area (Å²) in [5, 5.41) is 12.8. The minimum Gasteiger partial charge on any atom is -0.495 e. The number of ether oxygens (including phenoxy) is 1. The van der Waals surface area contributed by atoms with E-state index in [1.165, 1.54) is 0 Å². The zero-order valence-corrected chi connectivity index (χ0v) is 13.8. The zero-order chi connectivity index (χ0) is 13.5. The lowest BCUT2D eigenvalue weighted by Gasteiger charge is -2.13. The molecule has 1 aromatic rings. The summed E-state index contributed by atoms with van der Waals surface area (Å²) in [7, 11) is 1.67. The van der Waals surface area contributed by atoms with Crippen molar-refractivity contribution in [2.45, 2.75) is 32.4 Å². The normalized spacial score (nSPS) is 12.5. The Hall–Kier alpha value is -0.100. The Labute approximate surface area is 125 Å². The van der Waals surface area contributed by atoms with E-state index in [1.807, 2.05) is 19.1 Å². The molecule has 0 fully saturated rings. The first-order chi connectivity index (χ1) is 8.58. The van der Waals surface area contributed by atoms with Crippen molar-refractivity contribution in [3.05, 3.63) is 26.6 Å². The lowest BCUT2D eigenvalue weighted by molar-refractivity contribution is 0.159. The molecule has 3 nitrogen and oxygen atoms in total. The van der Waals surface area contributed by atoms with Crippen LogP contribution in [-0.4, -0.2) is 24.9 Å². The van der Waals surface area contributed by atoms with Crippen LogP contribution in [0.15, 0.2) is 21.1 Å². The van der Waals surface area contributed by atoms with Crippen molar-refractivity contribution >= 4 is 31.9 Å². The topological polar surface area (TPSA) is 41.5 Å². The second-order valence-corrected chi connectivity index (χ2v) is 5.88. The third-order valence-electron chi connectivity index (χ3n) is 2.73. The number of aliphatic hydroxyl groups is 1. The van der Waals surface area contributed by atoms with Crippen LogP contribution in [-0.2, 0) is 6.54 Å². The van der Waals surface area contributed by atoms with E-state index >= 15 is 0 Å². The van der Waals surface area contributed by atoms with Gasteiger partial charge in [0.1, 0.15) is 5.75 Å². The fourth-order valence-electron chi connectivity index (χ4n) is 1.67. The first-order valence-electron chi connectivity index (χ1n) is 5.99. The van der Waals surface area contributed by atoms with Crippen LogP contribution < -0.4 is 10.1 Å². The Bertz CT molecular complexity index is 385. The van der Waals surface area contributed by atoms with Gasteiger partial charge in [0.15, 0.2) is 0 Å². The highest BCUT2D eigenvalue weighted by Crippen LogP contribution is 2.32. The van der Waals surface area contributed by atoms with E-state index in [-0.39, 0.29) is 6.10 Å². The molecule has 0 aliphatic rings. The number of hydrogen-bond acceptors (Lipinski definition) is 3.